The Morgan fingerprint density at radius 1 is 1.31 bits per heavy atom. The van der Waals surface area contributed by atoms with Gasteiger partial charge in [0.2, 0.25) is 0 Å². The summed E-state index contributed by atoms with van der Waals surface area (Å²) in [6.07, 6.45) is -0.562. The number of nitrogens with one attached hydrogen (secondary N) is 1. The molecule has 1 unspecified atom stereocenters. The number of alkyl halides is 3. The van der Waals surface area contributed by atoms with E-state index in [-0.39, 0.29) is 6.04 Å². The third kappa shape index (κ3) is 3.61. The van der Waals surface area contributed by atoms with Gasteiger partial charge < -0.3 is 5.32 Å². The van der Waals surface area contributed by atoms with Crippen LogP contribution in [0.5, 0.6) is 0 Å². The molecule has 1 nitrogen and oxygen atoms in total. The van der Waals surface area contributed by atoms with Crippen LogP contribution in [0.25, 0.3) is 0 Å². The Kier molecular flexibility index (Phi) is 3.99. The van der Waals surface area contributed by atoms with Crippen LogP contribution >= 0.6 is 0 Å². The van der Waals surface area contributed by atoms with E-state index >= 15 is 0 Å². The molecule has 1 N–H and O–H groups in total. The lowest BCUT2D eigenvalue weighted by atomic mass is 10.2. The van der Waals surface area contributed by atoms with Gasteiger partial charge in [0.25, 0.3) is 0 Å². The summed E-state index contributed by atoms with van der Waals surface area (Å²) in [6, 6.07) is 5.20. The Morgan fingerprint density at radius 2 is 2.00 bits per heavy atom. The standard InChI is InChI=1S/C12H14F3N/c1-3-5-9(2)16-11-7-4-6-10(8-11)12(13,14)15/h3-9,16H,1-2H3/b5-3+. The average Bonchev–Trinajstić information content (AvgIpc) is 2.17. The van der Waals surface area contributed by atoms with Gasteiger partial charge in [-0.25, -0.2) is 0 Å². The van der Waals surface area contributed by atoms with Crippen LogP contribution in [0.2, 0.25) is 0 Å². The maximum absolute atomic E-state index is 12.4. The minimum atomic E-state index is -4.29. The fourth-order valence-electron chi connectivity index (χ4n) is 1.38. The van der Waals surface area contributed by atoms with Gasteiger partial charge in [0.15, 0.2) is 0 Å². The summed E-state index contributed by atoms with van der Waals surface area (Å²) in [5.41, 5.74) is -0.161. The first-order chi connectivity index (χ1) is 7.43. The largest absolute Gasteiger partial charge is 0.416 e. The van der Waals surface area contributed by atoms with E-state index in [0.717, 1.165) is 12.1 Å². The van der Waals surface area contributed by atoms with Gasteiger partial charge >= 0.3 is 6.18 Å². The Balaban J connectivity index is 2.83. The summed E-state index contributed by atoms with van der Waals surface area (Å²) >= 11 is 0. The molecule has 0 aliphatic rings. The molecule has 0 spiro atoms. The van der Waals surface area contributed by atoms with E-state index in [1.807, 2.05) is 26.0 Å². The molecule has 1 aromatic carbocycles. The van der Waals surface area contributed by atoms with Crippen LogP contribution in [0.1, 0.15) is 19.4 Å². The fraction of sp³-hybridized carbons (Fsp3) is 0.333. The quantitative estimate of drug-likeness (QED) is 0.770. The van der Waals surface area contributed by atoms with Gasteiger partial charge in [0, 0.05) is 11.7 Å². The van der Waals surface area contributed by atoms with Crippen LogP contribution in [0.4, 0.5) is 18.9 Å². The van der Waals surface area contributed by atoms with Crippen LogP contribution < -0.4 is 5.32 Å². The summed E-state index contributed by atoms with van der Waals surface area (Å²) < 4.78 is 37.2. The minimum absolute atomic E-state index is 0.00786. The zero-order chi connectivity index (χ0) is 12.2. The molecule has 1 atom stereocenters. The SMILES string of the molecule is C/C=C/C(C)Nc1cccc(C(F)(F)F)c1. The van der Waals surface area contributed by atoms with E-state index in [9.17, 15) is 13.2 Å². The van der Waals surface area contributed by atoms with Crippen molar-refractivity contribution in [3.8, 4) is 0 Å². The van der Waals surface area contributed by atoms with Crippen molar-refractivity contribution in [1.82, 2.24) is 0 Å². The molecule has 0 aliphatic heterocycles. The molecule has 0 saturated heterocycles. The van der Waals surface area contributed by atoms with E-state index in [1.54, 1.807) is 6.07 Å². The van der Waals surface area contributed by atoms with E-state index in [0.29, 0.717) is 5.69 Å². The second-order valence-electron chi connectivity index (χ2n) is 3.54. The molecule has 0 aromatic heterocycles. The van der Waals surface area contributed by atoms with Crippen molar-refractivity contribution in [2.75, 3.05) is 5.32 Å². The molecule has 0 bridgehead atoms. The van der Waals surface area contributed by atoms with Crippen molar-refractivity contribution in [2.45, 2.75) is 26.1 Å². The first kappa shape index (κ1) is 12.6. The van der Waals surface area contributed by atoms with Crippen molar-refractivity contribution in [2.24, 2.45) is 0 Å². The summed E-state index contributed by atoms with van der Waals surface area (Å²) in [7, 11) is 0. The average molecular weight is 229 g/mol. The molecule has 0 amide bonds. The highest BCUT2D eigenvalue weighted by Crippen LogP contribution is 2.30. The van der Waals surface area contributed by atoms with Gasteiger partial charge in [-0.3, -0.25) is 0 Å². The Morgan fingerprint density at radius 3 is 2.56 bits per heavy atom. The third-order valence-electron chi connectivity index (χ3n) is 2.07. The maximum Gasteiger partial charge on any atom is 0.416 e. The lowest BCUT2D eigenvalue weighted by Crippen LogP contribution is -2.12. The Hall–Kier alpha value is -1.45. The Labute approximate surface area is 93.0 Å². The topological polar surface area (TPSA) is 12.0 Å². The summed E-state index contributed by atoms with van der Waals surface area (Å²) in [4.78, 5) is 0. The molecule has 1 aromatic rings. The molecule has 4 heteroatoms. The van der Waals surface area contributed by atoms with Crippen molar-refractivity contribution in [1.29, 1.82) is 0 Å². The van der Waals surface area contributed by atoms with Crippen LogP contribution in [0.3, 0.4) is 0 Å². The number of benzene rings is 1. The van der Waals surface area contributed by atoms with Crippen molar-refractivity contribution in [3.63, 3.8) is 0 Å². The third-order valence-corrected chi connectivity index (χ3v) is 2.07. The van der Waals surface area contributed by atoms with Gasteiger partial charge in [-0.15, -0.1) is 0 Å². The van der Waals surface area contributed by atoms with Gasteiger partial charge in [-0.05, 0) is 32.0 Å². The van der Waals surface area contributed by atoms with Crippen LogP contribution in [0.15, 0.2) is 36.4 Å². The normalized spacial score (nSPS) is 14.1. The predicted octanol–water partition coefficient (Wildman–Crippen LogP) is 4.08. The van der Waals surface area contributed by atoms with E-state index < -0.39 is 11.7 Å². The van der Waals surface area contributed by atoms with E-state index in [1.165, 1.54) is 6.07 Å². The molecule has 1 rings (SSSR count). The second kappa shape index (κ2) is 5.05. The highest BCUT2D eigenvalue weighted by Gasteiger charge is 2.30. The molecule has 0 aliphatic carbocycles. The lowest BCUT2D eigenvalue weighted by molar-refractivity contribution is -0.137. The smallest absolute Gasteiger partial charge is 0.379 e. The molecule has 0 saturated carbocycles. The Bertz CT molecular complexity index is 369. The summed E-state index contributed by atoms with van der Waals surface area (Å²) in [6.45, 7) is 3.74. The van der Waals surface area contributed by atoms with Gasteiger partial charge in [-0.2, -0.15) is 13.2 Å². The van der Waals surface area contributed by atoms with Gasteiger partial charge in [-0.1, -0.05) is 18.2 Å². The first-order valence-corrected chi connectivity index (χ1v) is 5.00. The minimum Gasteiger partial charge on any atom is -0.379 e. The van der Waals surface area contributed by atoms with E-state index in [2.05, 4.69) is 5.32 Å². The van der Waals surface area contributed by atoms with Crippen LogP contribution in [0, 0.1) is 0 Å². The molecule has 0 fully saturated rings. The maximum atomic E-state index is 12.4. The number of anilines is 1. The zero-order valence-electron chi connectivity index (χ0n) is 9.18. The summed E-state index contributed by atoms with van der Waals surface area (Å²) in [5, 5.41) is 2.97. The van der Waals surface area contributed by atoms with Crippen molar-refractivity contribution in [3.05, 3.63) is 42.0 Å². The number of rotatable bonds is 3. The molecular formula is C12H14F3N. The zero-order valence-corrected chi connectivity index (χ0v) is 9.18. The number of hydrogen-bond acceptors (Lipinski definition) is 1. The van der Waals surface area contributed by atoms with Crippen molar-refractivity contribution < 1.29 is 13.2 Å². The van der Waals surface area contributed by atoms with E-state index in [4.69, 9.17) is 0 Å². The first-order valence-electron chi connectivity index (χ1n) is 5.00. The van der Waals surface area contributed by atoms with Crippen LogP contribution in [-0.2, 0) is 6.18 Å². The highest BCUT2D eigenvalue weighted by atomic mass is 19.4. The number of halogens is 3. The highest BCUT2D eigenvalue weighted by molar-refractivity contribution is 5.47. The molecule has 0 heterocycles. The lowest BCUT2D eigenvalue weighted by Gasteiger charge is -2.13. The number of allylic oxidation sites excluding steroid dienone is 1. The van der Waals surface area contributed by atoms with Gasteiger partial charge in [0.05, 0.1) is 5.56 Å². The molecular weight excluding hydrogens is 215 g/mol. The second-order valence-corrected chi connectivity index (χ2v) is 3.54. The van der Waals surface area contributed by atoms with Gasteiger partial charge in [0.1, 0.15) is 0 Å². The monoisotopic (exact) mass is 229 g/mol. The molecule has 16 heavy (non-hydrogen) atoms. The molecule has 0 radical (unpaired) electrons. The summed E-state index contributed by atoms with van der Waals surface area (Å²) in [5.74, 6) is 0. The van der Waals surface area contributed by atoms with Crippen LogP contribution in [-0.4, -0.2) is 6.04 Å². The van der Waals surface area contributed by atoms with Crippen molar-refractivity contribution >= 4 is 5.69 Å². The number of hydrogen-bond donors (Lipinski definition) is 1. The predicted molar refractivity (Wildman–Crippen MR) is 59.3 cm³/mol. The fourth-order valence-corrected chi connectivity index (χ4v) is 1.38. The molecule has 88 valence electrons.